The fourth-order valence-electron chi connectivity index (χ4n) is 2.40. The molecule has 4 heteroatoms. The molecule has 0 radical (unpaired) electrons. The third-order valence-electron chi connectivity index (χ3n) is 3.45. The summed E-state index contributed by atoms with van der Waals surface area (Å²) in [4.78, 5) is 13.8. The Morgan fingerprint density at radius 3 is 2.65 bits per heavy atom. The zero-order valence-corrected chi connectivity index (χ0v) is 11.0. The van der Waals surface area contributed by atoms with Gasteiger partial charge in [-0.2, -0.15) is 0 Å². The molecule has 0 bridgehead atoms. The van der Waals surface area contributed by atoms with E-state index < -0.39 is 11.2 Å². The summed E-state index contributed by atoms with van der Waals surface area (Å²) in [5.74, 6) is 0. The van der Waals surface area contributed by atoms with Gasteiger partial charge in [-0.3, -0.25) is 0 Å². The first-order valence-corrected chi connectivity index (χ1v) is 6.51. The smallest absolute Gasteiger partial charge is 0.410 e. The van der Waals surface area contributed by atoms with E-state index in [0.717, 1.165) is 32.2 Å². The number of amides is 1. The van der Waals surface area contributed by atoms with Crippen molar-refractivity contribution in [3.8, 4) is 0 Å². The van der Waals surface area contributed by atoms with Crippen LogP contribution in [0.2, 0.25) is 0 Å². The quantitative estimate of drug-likeness (QED) is 0.807. The van der Waals surface area contributed by atoms with Gasteiger partial charge in [0, 0.05) is 12.6 Å². The minimum Gasteiger partial charge on any atom is -0.444 e. The van der Waals surface area contributed by atoms with E-state index in [2.05, 4.69) is 0 Å². The highest BCUT2D eigenvalue weighted by atomic mass is 16.6. The summed E-state index contributed by atoms with van der Waals surface area (Å²) in [6.07, 6.45) is 4.25. The molecule has 1 atom stereocenters. The van der Waals surface area contributed by atoms with Gasteiger partial charge in [0.1, 0.15) is 5.60 Å². The fourth-order valence-corrected chi connectivity index (χ4v) is 2.40. The average Bonchev–Trinajstić information content (AvgIpc) is 2.73. The Balaban J connectivity index is 1.92. The second-order valence-corrected chi connectivity index (χ2v) is 6.40. The molecule has 0 aromatic carbocycles. The van der Waals surface area contributed by atoms with Crippen LogP contribution in [0.1, 0.15) is 52.9 Å². The molecule has 2 aliphatic rings. The first kappa shape index (κ1) is 12.7. The van der Waals surface area contributed by atoms with Crippen LogP contribution in [0.15, 0.2) is 0 Å². The van der Waals surface area contributed by atoms with E-state index >= 15 is 0 Å². The lowest BCUT2D eigenvalue weighted by atomic mass is 10.1. The third-order valence-corrected chi connectivity index (χ3v) is 3.45. The standard InChI is InChI=1S/C13H23NO3/c1-12(2,3)17-11(15)14-8-4-5-10(14)9-13(16)6-7-13/h10,16H,4-9H2,1-3H3. The highest BCUT2D eigenvalue weighted by Gasteiger charge is 2.45. The largest absolute Gasteiger partial charge is 0.444 e. The van der Waals surface area contributed by atoms with Crippen LogP contribution in [0, 0.1) is 0 Å². The molecule has 98 valence electrons. The molecule has 2 rings (SSSR count). The van der Waals surface area contributed by atoms with Crippen LogP contribution in [0.4, 0.5) is 4.79 Å². The highest BCUT2D eigenvalue weighted by molar-refractivity contribution is 5.69. The van der Waals surface area contributed by atoms with Gasteiger partial charge in [0.2, 0.25) is 0 Å². The second kappa shape index (κ2) is 4.16. The van der Waals surface area contributed by atoms with E-state index in [1.165, 1.54) is 0 Å². The molecular weight excluding hydrogens is 218 g/mol. The first-order chi connectivity index (χ1) is 7.79. The van der Waals surface area contributed by atoms with Gasteiger partial charge in [-0.15, -0.1) is 0 Å². The molecule has 0 aromatic rings. The fraction of sp³-hybridized carbons (Fsp3) is 0.923. The predicted octanol–water partition coefficient (Wildman–Crippen LogP) is 2.30. The van der Waals surface area contributed by atoms with E-state index in [0.29, 0.717) is 6.42 Å². The lowest BCUT2D eigenvalue weighted by Crippen LogP contribution is -2.41. The summed E-state index contributed by atoms with van der Waals surface area (Å²) >= 11 is 0. The summed E-state index contributed by atoms with van der Waals surface area (Å²) in [5, 5.41) is 9.94. The molecule has 2 fully saturated rings. The molecule has 1 N–H and O–H groups in total. The van der Waals surface area contributed by atoms with Crippen molar-refractivity contribution >= 4 is 6.09 Å². The van der Waals surface area contributed by atoms with Gasteiger partial charge in [-0.05, 0) is 52.9 Å². The van der Waals surface area contributed by atoms with E-state index in [1.54, 1.807) is 4.90 Å². The predicted molar refractivity (Wildman–Crippen MR) is 64.8 cm³/mol. The van der Waals surface area contributed by atoms with Gasteiger partial charge in [0.15, 0.2) is 0 Å². The molecule has 1 saturated carbocycles. The number of carbonyl (C=O) groups is 1. The van der Waals surface area contributed by atoms with Crippen molar-refractivity contribution in [1.29, 1.82) is 0 Å². The normalized spacial score (nSPS) is 27.1. The minimum absolute atomic E-state index is 0.164. The van der Waals surface area contributed by atoms with Crippen molar-refractivity contribution in [2.24, 2.45) is 0 Å². The van der Waals surface area contributed by atoms with Crippen molar-refractivity contribution in [2.45, 2.75) is 70.1 Å². The van der Waals surface area contributed by atoms with Gasteiger partial charge in [0.05, 0.1) is 5.60 Å². The zero-order chi connectivity index (χ0) is 12.7. The lowest BCUT2D eigenvalue weighted by molar-refractivity contribution is 0.0165. The van der Waals surface area contributed by atoms with Crippen LogP contribution in [-0.2, 0) is 4.74 Å². The summed E-state index contributed by atoms with van der Waals surface area (Å²) in [5.41, 5.74) is -0.935. The summed E-state index contributed by atoms with van der Waals surface area (Å²) in [7, 11) is 0. The lowest BCUT2D eigenvalue weighted by Gasteiger charge is -2.29. The highest BCUT2D eigenvalue weighted by Crippen LogP contribution is 2.42. The van der Waals surface area contributed by atoms with E-state index in [-0.39, 0.29) is 12.1 Å². The van der Waals surface area contributed by atoms with Crippen molar-refractivity contribution in [2.75, 3.05) is 6.54 Å². The number of likely N-dealkylation sites (tertiary alicyclic amines) is 1. The summed E-state index contributed by atoms with van der Waals surface area (Å²) in [6, 6.07) is 0.164. The Morgan fingerprint density at radius 1 is 1.47 bits per heavy atom. The Kier molecular flexibility index (Phi) is 3.10. The summed E-state index contributed by atoms with van der Waals surface area (Å²) < 4.78 is 5.39. The van der Waals surface area contributed by atoms with Crippen LogP contribution in [0.5, 0.6) is 0 Å². The monoisotopic (exact) mass is 241 g/mol. The molecular formula is C13H23NO3. The number of ether oxygens (including phenoxy) is 1. The minimum atomic E-state index is -0.491. The zero-order valence-electron chi connectivity index (χ0n) is 11.0. The Bertz CT molecular complexity index is 304. The molecule has 1 unspecified atom stereocenters. The SMILES string of the molecule is CC(C)(C)OC(=O)N1CCCC1CC1(O)CC1. The maximum atomic E-state index is 12.0. The van der Waals surface area contributed by atoms with Crippen LogP contribution in [-0.4, -0.2) is 39.9 Å². The number of rotatable bonds is 2. The van der Waals surface area contributed by atoms with Crippen molar-refractivity contribution in [1.82, 2.24) is 4.90 Å². The number of hydrogen-bond acceptors (Lipinski definition) is 3. The average molecular weight is 241 g/mol. The summed E-state index contributed by atoms with van der Waals surface area (Å²) in [6.45, 7) is 6.40. The van der Waals surface area contributed by atoms with Crippen LogP contribution in [0.3, 0.4) is 0 Å². The molecule has 1 aliphatic heterocycles. The second-order valence-electron chi connectivity index (χ2n) is 6.40. The molecule has 1 amide bonds. The maximum Gasteiger partial charge on any atom is 0.410 e. The number of nitrogens with zero attached hydrogens (tertiary/aromatic N) is 1. The Hall–Kier alpha value is -0.770. The van der Waals surface area contributed by atoms with Crippen LogP contribution >= 0.6 is 0 Å². The van der Waals surface area contributed by atoms with Crippen molar-refractivity contribution < 1.29 is 14.6 Å². The molecule has 1 saturated heterocycles. The van der Waals surface area contributed by atoms with Gasteiger partial charge in [-0.25, -0.2) is 4.79 Å². The Labute approximate surface area is 103 Å². The van der Waals surface area contributed by atoms with Crippen molar-refractivity contribution in [3.63, 3.8) is 0 Å². The molecule has 4 nitrogen and oxygen atoms in total. The van der Waals surface area contributed by atoms with Crippen LogP contribution < -0.4 is 0 Å². The van der Waals surface area contributed by atoms with E-state index in [1.807, 2.05) is 20.8 Å². The van der Waals surface area contributed by atoms with E-state index in [4.69, 9.17) is 4.74 Å². The van der Waals surface area contributed by atoms with Gasteiger partial charge < -0.3 is 14.7 Å². The van der Waals surface area contributed by atoms with Gasteiger partial charge in [-0.1, -0.05) is 0 Å². The molecule has 0 spiro atoms. The maximum absolute atomic E-state index is 12.0. The molecule has 1 aliphatic carbocycles. The van der Waals surface area contributed by atoms with Crippen LogP contribution in [0.25, 0.3) is 0 Å². The molecule has 1 heterocycles. The molecule has 17 heavy (non-hydrogen) atoms. The number of aliphatic hydroxyl groups is 1. The van der Waals surface area contributed by atoms with Crippen molar-refractivity contribution in [3.05, 3.63) is 0 Å². The topological polar surface area (TPSA) is 49.8 Å². The molecule has 0 aromatic heterocycles. The first-order valence-electron chi connectivity index (χ1n) is 6.51. The van der Waals surface area contributed by atoms with E-state index in [9.17, 15) is 9.90 Å². The van der Waals surface area contributed by atoms with Gasteiger partial charge >= 0.3 is 6.09 Å². The Morgan fingerprint density at radius 2 is 2.12 bits per heavy atom. The number of hydrogen-bond donors (Lipinski definition) is 1. The third kappa shape index (κ3) is 3.35. The number of carbonyl (C=O) groups excluding carboxylic acids is 1. The van der Waals surface area contributed by atoms with Gasteiger partial charge in [0.25, 0.3) is 0 Å².